The molecule has 1 N–H and O–H groups in total. The SMILES string of the molecule is O=C(CN(c1cccc(C(F)(F)F)c1)S(=O)(=O)c1ccccc1)NCc1ccc(Cl)cc1. The Balaban J connectivity index is 1.90. The fourth-order valence-electron chi connectivity index (χ4n) is 2.86. The number of nitrogens with zero attached hydrogens (tertiary/aromatic N) is 1. The van der Waals surface area contributed by atoms with Crippen molar-refractivity contribution >= 4 is 33.2 Å². The molecule has 0 saturated heterocycles. The summed E-state index contributed by atoms with van der Waals surface area (Å²) in [4.78, 5) is 12.4. The van der Waals surface area contributed by atoms with Gasteiger partial charge in [-0.1, -0.05) is 48.0 Å². The predicted octanol–water partition coefficient (Wildman–Crippen LogP) is 4.87. The molecule has 0 aliphatic rings. The summed E-state index contributed by atoms with van der Waals surface area (Å²) in [7, 11) is -4.31. The molecular formula is C22H18ClF3N2O3S. The number of anilines is 1. The monoisotopic (exact) mass is 482 g/mol. The van der Waals surface area contributed by atoms with Crippen LogP contribution in [0.3, 0.4) is 0 Å². The number of benzene rings is 3. The second-order valence-corrected chi connectivity index (χ2v) is 9.07. The minimum Gasteiger partial charge on any atom is -0.350 e. The number of hydrogen-bond acceptors (Lipinski definition) is 3. The Morgan fingerprint density at radius 2 is 1.59 bits per heavy atom. The van der Waals surface area contributed by atoms with E-state index in [-0.39, 0.29) is 17.1 Å². The van der Waals surface area contributed by atoms with Gasteiger partial charge in [0.05, 0.1) is 16.1 Å². The van der Waals surface area contributed by atoms with Crippen molar-refractivity contribution in [1.82, 2.24) is 5.32 Å². The summed E-state index contributed by atoms with van der Waals surface area (Å²) in [6.45, 7) is -0.607. The van der Waals surface area contributed by atoms with Crippen LogP contribution < -0.4 is 9.62 Å². The molecular weight excluding hydrogens is 465 g/mol. The number of hydrogen-bond donors (Lipinski definition) is 1. The summed E-state index contributed by atoms with van der Waals surface area (Å²) in [5, 5.41) is 3.09. The summed E-state index contributed by atoms with van der Waals surface area (Å²) in [5.74, 6) is -0.683. The Kier molecular flexibility index (Phi) is 7.10. The lowest BCUT2D eigenvalue weighted by atomic mass is 10.2. The third-order valence-corrected chi connectivity index (χ3v) is 6.52. The van der Waals surface area contributed by atoms with Crippen LogP contribution in [0.25, 0.3) is 0 Å². The molecule has 168 valence electrons. The maximum atomic E-state index is 13.2. The highest BCUT2D eigenvalue weighted by molar-refractivity contribution is 7.92. The Labute approximate surface area is 188 Å². The second kappa shape index (κ2) is 9.62. The van der Waals surface area contributed by atoms with E-state index < -0.39 is 34.2 Å². The number of alkyl halides is 3. The van der Waals surface area contributed by atoms with Crippen molar-refractivity contribution in [3.63, 3.8) is 0 Å². The summed E-state index contributed by atoms with van der Waals surface area (Å²) < 4.78 is 66.6. The summed E-state index contributed by atoms with van der Waals surface area (Å²) in [6, 6.07) is 17.7. The van der Waals surface area contributed by atoms with E-state index in [9.17, 15) is 26.4 Å². The normalized spacial score (nSPS) is 11.8. The Morgan fingerprint density at radius 3 is 2.22 bits per heavy atom. The highest BCUT2D eigenvalue weighted by Crippen LogP contribution is 2.33. The van der Waals surface area contributed by atoms with Gasteiger partial charge in [0.25, 0.3) is 10.0 Å². The highest BCUT2D eigenvalue weighted by atomic mass is 35.5. The van der Waals surface area contributed by atoms with Gasteiger partial charge in [-0.2, -0.15) is 13.2 Å². The summed E-state index contributed by atoms with van der Waals surface area (Å²) >= 11 is 5.82. The largest absolute Gasteiger partial charge is 0.416 e. The average Bonchev–Trinajstić information content (AvgIpc) is 2.77. The summed E-state index contributed by atoms with van der Waals surface area (Å²) in [5.41, 5.74) is -0.575. The van der Waals surface area contributed by atoms with Crippen LogP contribution >= 0.6 is 11.6 Å². The van der Waals surface area contributed by atoms with Gasteiger partial charge in [0.1, 0.15) is 6.54 Å². The molecule has 0 fully saturated rings. The molecule has 32 heavy (non-hydrogen) atoms. The van der Waals surface area contributed by atoms with Crippen molar-refractivity contribution in [1.29, 1.82) is 0 Å². The van der Waals surface area contributed by atoms with Crippen molar-refractivity contribution in [2.75, 3.05) is 10.8 Å². The predicted molar refractivity (Wildman–Crippen MR) is 116 cm³/mol. The zero-order chi connectivity index (χ0) is 23.4. The van der Waals surface area contributed by atoms with Crippen molar-refractivity contribution in [2.24, 2.45) is 0 Å². The molecule has 0 unspecified atom stereocenters. The maximum Gasteiger partial charge on any atom is 0.416 e. The molecule has 3 aromatic carbocycles. The number of carbonyl (C=O) groups is 1. The van der Waals surface area contributed by atoms with Crippen LogP contribution in [0.1, 0.15) is 11.1 Å². The second-order valence-electron chi connectivity index (χ2n) is 6.78. The first-order valence-corrected chi connectivity index (χ1v) is 11.2. The topological polar surface area (TPSA) is 66.5 Å². The van der Waals surface area contributed by atoms with Crippen molar-refractivity contribution in [3.8, 4) is 0 Å². The molecule has 0 atom stereocenters. The Hall–Kier alpha value is -3.04. The fraction of sp³-hybridized carbons (Fsp3) is 0.136. The van der Waals surface area contributed by atoms with Gasteiger partial charge in [0.2, 0.25) is 5.91 Å². The molecule has 5 nitrogen and oxygen atoms in total. The zero-order valence-corrected chi connectivity index (χ0v) is 18.1. The van der Waals surface area contributed by atoms with Crippen molar-refractivity contribution in [3.05, 3.63) is 95.0 Å². The molecule has 0 saturated carbocycles. The van der Waals surface area contributed by atoms with Crippen LogP contribution in [0.15, 0.2) is 83.8 Å². The minimum atomic E-state index is -4.67. The number of nitrogens with one attached hydrogen (secondary N) is 1. The molecule has 0 bridgehead atoms. The number of carbonyl (C=O) groups excluding carboxylic acids is 1. The zero-order valence-electron chi connectivity index (χ0n) is 16.5. The van der Waals surface area contributed by atoms with E-state index in [0.717, 1.165) is 17.7 Å². The third kappa shape index (κ3) is 5.80. The van der Waals surface area contributed by atoms with E-state index in [1.807, 2.05) is 0 Å². The van der Waals surface area contributed by atoms with Crippen LogP contribution in [0.5, 0.6) is 0 Å². The number of rotatable bonds is 7. The smallest absolute Gasteiger partial charge is 0.350 e. The number of sulfonamides is 1. The summed E-state index contributed by atoms with van der Waals surface area (Å²) in [6.07, 6.45) is -4.67. The van der Waals surface area contributed by atoms with Gasteiger partial charge in [0.15, 0.2) is 0 Å². The van der Waals surface area contributed by atoms with Gasteiger partial charge in [-0.3, -0.25) is 9.10 Å². The minimum absolute atomic E-state index is 0.0951. The van der Waals surface area contributed by atoms with E-state index in [0.29, 0.717) is 15.4 Å². The molecule has 0 aliphatic carbocycles. The van der Waals surface area contributed by atoms with Gasteiger partial charge in [0, 0.05) is 11.6 Å². The molecule has 0 aromatic heterocycles. The van der Waals surface area contributed by atoms with Gasteiger partial charge >= 0.3 is 6.18 Å². The molecule has 1 amide bonds. The average molecular weight is 483 g/mol. The third-order valence-electron chi connectivity index (χ3n) is 4.48. The maximum absolute atomic E-state index is 13.2. The molecule has 0 spiro atoms. The first kappa shape index (κ1) is 23.6. The molecule has 3 aromatic rings. The molecule has 0 heterocycles. The van der Waals surface area contributed by atoms with Crippen LogP contribution in [-0.2, 0) is 27.5 Å². The molecule has 3 rings (SSSR count). The highest BCUT2D eigenvalue weighted by Gasteiger charge is 2.33. The van der Waals surface area contributed by atoms with E-state index in [1.54, 1.807) is 30.3 Å². The Morgan fingerprint density at radius 1 is 0.938 bits per heavy atom. The van der Waals surface area contributed by atoms with Gasteiger partial charge in [-0.25, -0.2) is 8.42 Å². The first-order chi connectivity index (χ1) is 15.1. The fourth-order valence-corrected chi connectivity index (χ4v) is 4.42. The van der Waals surface area contributed by atoms with Gasteiger partial charge < -0.3 is 5.32 Å². The van der Waals surface area contributed by atoms with Crippen molar-refractivity contribution in [2.45, 2.75) is 17.6 Å². The van der Waals surface area contributed by atoms with Crippen LogP contribution in [0.4, 0.5) is 18.9 Å². The number of amides is 1. The van der Waals surface area contributed by atoms with Crippen LogP contribution in [0.2, 0.25) is 5.02 Å². The quantitative estimate of drug-likeness (QED) is 0.522. The van der Waals surface area contributed by atoms with Crippen molar-refractivity contribution < 1.29 is 26.4 Å². The lowest BCUT2D eigenvalue weighted by Gasteiger charge is -2.25. The van der Waals surface area contributed by atoms with E-state index in [4.69, 9.17) is 11.6 Å². The van der Waals surface area contributed by atoms with E-state index in [2.05, 4.69) is 5.32 Å². The molecule has 0 radical (unpaired) electrons. The van der Waals surface area contributed by atoms with Crippen LogP contribution in [-0.4, -0.2) is 20.9 Å². The van der Waals surface area contributed by atoms with Gasteiger partial charge in [-0.15, -0.1) is 0 Å². The lowest BCUT2D eigenvalue weighted by Crippen LogP contribution is -2.40. The van der Waals surface area contributed by atoms with Gasteiger partial charge in [-0.05, 0) is 48.0 Å². The van der Waals surface area contributed by atoms with E-state index >= 15 is 0 Å². The first-order valence-electron chi connectivity index (χ1n) is 9.33. The van der Waals surface area contributed by atoms with Crippen LogP contribution in [0, 0.1) is 0 Å². The molecule has 10 heteroatoms. The van der Waals surface area contributed by atoms with E-state index in [1.165, 1.54) is 30.3 Å². The molecule has 0 aliphatic heterocycles. The Bertz CT molecular complexity index is 1190. The standard InChI is InChI=1S/C22H18ClF3N2O3S/c23-18-11-9-16(10-12-18)14-27-21(29)15-28(32(30,31)20-7-2-1-3-8-20)19-6-4-5-17(13-19)22(24,25)26/h1-13H,14-15H2,(H,27,29). The lowest BCUT2D eigenvalue weighted by molar-refractivity contribution is -0.137. The number of halogens is 4.